The highest BCUT2D eigenvalue weighted by Crippen LogP contribution is 2.32. The van der Waals surface area contributed by atoms with Crippen LogP contribution in [0, 0.1) is 5.92 Å². The van der Waals surface area contributed by atoms with Gasteiger partial charge < -0.3 is 10.2 Å². The first-order chi connectivity index (χ1) is 9.33. The van der Waals surface area contributed by atoms with Crippen LogP contribution in [-0.4, -0.2) is 19.1 Å². The summed E-state index contributed by atoms with van der Waals surface area (Å²) in [6, 6.07) is 9.54. The molecule has 1 aromatic carbocycles. The van der Waals surface area contributed by atoms with E-state index in [-0.39, 0.29) is 0 Å². The average molecular weight is 258 g/mol. The van der Waals surface area contributed by atoms with Gasteiger partial charge in [0, 0.05) is 19.1 Å². The van der Waals surface area contributed by atoms with Crippen LogP contribution in [0.25, 0.3) is 0 Å². The molecule has 1 heterocycles. The molecule has 2 heteroatoms. The smallest absolute Gasteiger partial charge is 0.0602 e. The Morgan fingerprint density at radius 2 is 1.84 bits per heavy atom. The Morgan fingerprint density at radius 1 is 1.05 bits per heavy atom. The first-order valence-corrected chi connectivity index (χ1v) is 7.93. The maximum absolute atomic E-state index is 3.82. The maximum Gasteiger partial charge on any atom is 0.0602 e. The van der Waals surface area contributed by atoms with E-state index in [1.54, 1.807) is 0 Å². The molecule has 1 N–H and O–H groups in total. The molecule has 1 aliphatic carbocycles. The fourth-order valence-corrected chi connectivity index (χ4v) is 3.61. The molecule has 0 amide bonds. The van der Waals surface area contributed by atoms with Gasteiger partial charge in [0.1, 0.15) is 0 Å². The molecule has 1 saturated carbocycles. The number of hydrogen-bond donors (Lipinski definition) is 1. The van der Waals surface area contributed by atoms with Gasteiger partial charge in [0.15, 0.2) is 0 Å². The van der Waals surface area contributed by atoms with Crippen molar-refractivity contribution in [2.45, 2.75) is 51.5 Å². The number of benzene rings is 1. The third kappa shape index (κ3) is 3.05. The molecule has 3 rings (SSSR count). The van der Waals surface area contributed by atoms with Gasteiger partial charge in [0.05, 0.1) is 11.4 Å². The lowest BCUT2D eigenvalue weighted by Crippen LogP contribution is -2.27. The van der Waals surface area contributed by atoms with Crippen LogP contribution in [0.15, 0.2) is 24.3 Å². The van der Waals surface area contributed by atoms with Crippen molar-refractivity contribution in [3.63, 3.8) is 0 Å². The molecule has 2 nitrogen and oxygen atoms in total. The predicted molar refractivity (Wildman–Crippen MR) is 82.9 cm³/mol. The molecule has 2 unspecified atom stereocenters. The van der Waals surface area contributed by atoms with E-state index in [4.69, 9.17) is 0 Å². The second kappa shape index (κ2) is 5.85. The van der Waals surface area contributed by atoms with Crippen molar-refractivity contribution in [3.8, 4) is 0 Å². The molecule has 1 aromatic rings. The van der Waals surface area contributed by atoms with E-state index in [0.29, 0.717) is 6.04 Å². The van der Waals surface area contributed by atoms with Crippen molar-refractivity contribution in [2.24, 2.45) is 5.92 Å². The molecule has 1 aliphatic heterocycles. The van der Waals surface area contributed by atoms with Crippen LogP contribution in [0.3, 0.4) is 0 Å². The molecule has 104 valence electrons. The van der Waals surface area contributed by atoms with Crippen LogP contribution in [0.5, 0.6) is 0 Å². The minimum Gasteiger partial charge on any atom is -0.381 e. The SMILES string of the molecule is CC1CCCC(Nc2ccccc2N2CCCC2)C1. The summed E-state index contributed by atoms with van der Waals surface area (Å²) in [6.45, 7) is 4.83. The largest absolute Gasteiger partial charge is 0.381 e. The van der Waals surface area contributed by atoms with Crippen LogP contribution in [-0.2, 0) is 0 Å². The fraction of sp³-hybridized carbons (Fsp3) is 0.647. The Morgan fingerprint density at radius 3 is 2.63 bits per heavy atom. The summed E-state index contributed by atoms with van der Waals surface area (Å²) in [7, 11) is 0. The maximum atomic E-state index is 3.82. The number of rotatable bonds is 3. The average Bonchev–Trinajstić information content (AvgIpc) is 2.93. The Kier molecular flexibility index (Phi) is 3.95. The molecule has 0 aromatic heterocycles. The second-order valence-corrected chi connectivity index (χ2v) is 6.32. The number of nitrogens with zero attached hydrogens (tertiary/aromatic N) is 1. The van der Waals surface area contributed by atoms with E-state index < -0.39 is 0 Å². The molecule has 2 aliphatic rings. The topological polar surface area (TPSA) is 15.3 Å². The fourth-order valence-electron chi connectivity index (χ4n) is 3.61. The normalized spacial score (nSPS) is 27.5. The Bertz CT molecular complexity index is 409. The van der Waals surface area contributed by atoms with E-state index >= 15 is 0 Å². The Hall–Kier alpha value is -1.18. The lowest BCUT2D eigenvalue weighted by molar-refractivity contribution is 0.358. The molecule has 0 bridgehead atoms. The minimum atomic E-state index is 0.674. The van der Waals surface area contributed by atoms with Gasteiger partial charge in [-0.3, -0.25) is 0 Å². The van der Waals surface area contributed by atoms with Gasteiger partial charge in [-0.1, -0.05) is 31.9 Å². The van der Waals surface area contributed by atoms with Crippen LogP contribution >= 0.6 is 0 Å². The lowest BCUT2D eigenvalue weighted by atomic mass is 9.87. The standard InChI is InChI=1S/C17H26N2/c1-14-7-6-8-15(13-14)18-16-9-2-3-10-17(16)19-11-4-5-12-19/h2-3,9-10,14-15,18H,4-8,11-13H2,1H3. The van der Waals surface area contributed by atoms with Crippen LogP contribution in [0.2, 0.25) is 0 Å². The monoisotopic (exact) mass is 258 g/mol. The highest BCUT2D eigenvalue weighted by atomic mass is 15.2. The Balaban J connectivity index is 1.72. The van der Waals surface area contributed by atoms with Gasteiger partial charge >= 0.3 is 0 Å². The van der Waals surface area contributed by atoms with Gasteiger partial charge in [0.25, 0.3) is 0 Å². The number of hydrogen-bond acceptors (Lipinski definition) is 2. The quantitative estimate of drug-likeness (QED) is 0.870. The minimum absolute atomic E-state index is 0.674. The number of anilines is 2. The number of nitrogens with one attached hydrogen (secondary N) is 1. The van der Waals surface area contributed by atoms with Crippen LogP contribution in [0.1, 0.15) is 45.4 Å². The van der Waals surface area contributed by atoms with E-state index in [1.165, 1.54) is 63.0 Å². The van der Waals surface area contributed by atoms with Crippen LogP contribution in [0.4, 0.5) is 11.4 Å². The first kappa shape index (κ1) is 12.8. The number of para-hydroxylation sites is 2. The van der Waals surface area contributed by atoms with Crippen molar-refractivity contribution in [2.75, 3.05) is 23.3 Å². The summed E-state index contributed by atoms with van der Waals surface area (Å²) in [5.41, 5.74) is 2.77. The van der Waals surface area contributed by atoms with Crippen molar-refractivity contribution in [3.05, 3.63) is 24.3 Å². The van der Waals surface area contributed by atoms with Gasteiger partial charge in [-0.05, 0) is 43.7 Å². The third-order valence-corrected chi connectivity index (χ3v) is 4.65. The molecule has 1 saturated heterocycles. The van der Waals surface area contributed by atoms with E-state index in [0.717, 1.165) is 5.92 Å². The summed E-state index contributed by atoms with van der Waals surface area (Å²) in [4.78, 5) is 2.54. The molecule has 19 heavy (non-hydrogen) atoms. The summed E-state index contributed by atoms with van der Waals surface area (Å²) < 4.78 is 0. The zero-order chi connectivity index (χ0) is 13.1. The van der Waals surface area contributed by atoms with E-state index in [2.05, 4.69) is 41.4 Å². The molecular formula is C17H26N2. The first-order valence-electron chi connectivity index (χ1n) is 7.93. The lowest BCUT2D eigenvalue weighted by Gasteiger charge is -2.30. The zero-order valence-corrected chi connectivity index (χ0v) is 12.1. The van der Waals surface area contributed by atoms with Gasteiger partial charge in [-0.25, -0.2) is 0 Å². The summed E-state index contributed by atoms with van der Waals surface area (Å²) >= 11 is 0. The third-order valence-electron chi connectivity index (χ3n) is 4.65. The second-order valence-electron chi connectivity index (χ2n) is 6.32. The van der Waals surface area contributed by atoms with Gasteiger partial charge in [-0.2, -0.15) is 0 Å². The van der Waals surface area contributed by atoms with Crippen LogP contribution < -0.4 is 10.2 Å². The van der Waals surface area contributed by atoms with E-state index in [9.17, 15) is 0 Å². The zero-order valence-electron chi connectivity index (χ0n) is 12.1. The van der Waals surface area contributed by atoms with Crippen molar-refractivity contribution >= 4 is 11.4 Å². The molecule has 2 fully saturated rings. The summed E-state index contributed by atoms with van der Waals surface area (Å²) in [5, 5.41) is 3.82. The van der Waals surface area contributed by atoms with Crippen molar-refractivity contribution in [1.82, 2.24) is 0 Å². The van der Waals surface area contributed by atoms with Crippen molar-refractivity contribution in [1.29, 1.82) is 0 Å². The predicted octanol–water partition coefficient (Wildman–Crippen LogP) is 4.28. The molecular weight excluding hydrogens is 232 g/mol. The molecule has 0 radical (unpaired) electrons. The van der Waals surface area contributed by atoms with Gasteiger partial charge in [0.2, 0.25) is 0 Å². The van der Waals surface area contributed by atoms with Gasteiger partial charge in [-0.15, -0.1) is 0 Å². The summed E-state index contributed by atoms with van der Waals surface area (Å²) in [6.07, 6.45) is 8.13. The molecule has 2 atom stereocenters. The Labute approximate surface area is 117 Å². The van der Waals surface area contributed by atoms with E-state index in [1.807, 2.05) is 0 Å². The van der Waals surface area contributed by atoms with Crippen molar-refractivity contribution < 1.29 is 0 Å². The highest BCUT2D eigenvalue weighted by molar-refractivity contribution is 5.70. The highest BCUT2D eigenvalue weighted by Gasteiger charge is 2.21. The molecule has 0 spiro atoms. The summed E-state index contributed by atoms with van der Waals surface area (Å²) in [5.74, 6) is 0.880.